The monoisotopic (exact) mass is 312 g/mol. The molecule has 1 aromatic rings. The molecule has 0 radical (unpaired) electrons. The lowest BCUT2D eigenvalue weighted by Crippen LogP contribution is -2.35. The first-order chi connectivity index (χ1) is 9.56. The number of aliphatic imine (C=N–C) groups is 1. The number of hydrogen-bond donors (Lipinski definition) is 1. The molecule has 108 valence electrons. The predicted molar refractivity (Wildman–Crippen MR) is 79.8 cm³/mol. The minimum absolute atomic E-state index is 0.305. The summed E-state index contributed by atoms with van der Waals surface area (Å²) in [5, 5.41) is 0. The molecule has 0 bridgehead atoms. The zero-order valence-corrected chi connectivity index (χ0v) is 12.7. The van der Waals surface area contributed by atoms with Gasteiger partial charge in [-0.3, -0.25) is 9.71 Å². The fourth-order valence-corrected chi connectivity index (χ4v) is 4.50. The Morgan fingerprint density at radius 2 is 1.90 bits per heavy atom. The molecule has 1 aromatic carbocycles. The second kappa shape index (κ2) is 5.04. The standard InChI is InChI=1S/C14H17ClN2O2S/c15-10-14(8-4-1-5-9-14)16-13-11-6-2-3-7-12(11)20(18,19)17-13/h2-3,6-7H,1,4-5,8-10H2,(H,16,17). The van der Waals surface area contributed by atoms with Crippen molar-refractivity contribution < 1.29 is 8.42 Å². The lowest BCUT2D eigenvalue weighted by Gasteiger charge is -2.32. The number of fused-ring (bicyclic) bond motifs is 1. The second-order valence-electron chi connectivity index (χ2n) is 5.48. The first-order valence-corrected chi connectivity index (χ1v) is 8.86. The number of hydrogen-bond acceptors (Lipinski definition) is 3. The van der Waals surface area contributed by atoms with E-state index in [1.54, 1.807) is 18.2 Å². The van der Waals surface area contributed by atoms with Crippen LogP contribution in [0, 0.1) is 0 Å². The molecule has 20 heavy (non-hydrogen) atoms. The number of nitrogens with one attached hydrogen (secondary N) is 1. The highest BCUT2D eigenvalue weighted by molar-refractivity contribution is 7.90. The molecule has 1 N–H and O–H groups in total. The highest BCUT2D eigenvalue weighted by Crippen LogP contribution is 2.34. The zero-order chi connectivity index (χ0) is 14.2. The van der Waals surface area contributed by atoms with Gasteiger partial charge in [0, 0.05) is 11.4 Å². The first-order valence-electron chi connectivity index (χ1n) is 6.84. The van der Waals surface area contributed by atoms with Crippen molar-refractivity contribution in [2.75, 3.05) is 5.88 Å². The van der Waals surface area contributed by atoms with Crippen LogP contribution in [0.15, 0.2) is 34.2 Å². The molecule has 0 unspecified atom stereocenters. The summed E-state index contributed by atoms with van der Waals surface area (Å²) in [4.78, 5) is 5.02. The van der Waals surface area contributed by atoms with E-state index >= 15 is 0 Å². The predicted octanol–water partition coefficient (Wildman–Crippen LogP) is 2.67. The molecule has 0 spiro atoms. The molecule has 4 nitrogen and oxygen atoms in total. The quantitative estimate of drug-likeness (QED) is 0.854. The molecule has 3 rings (SSSR count). The van der Waals surface area contributed by atoms with Crippen LogP contribution < -0.4 is 4.72 Å². The third-order valence-corrected chi connectivity index (χ3v) is 5.94. The lowest BCUT2D eigenvalue weighted by molar-refractivity contribution is 0.329. The lowest BCUT2D eigenvalue weighted by atomic mass is 9.83. The van der Waals surface area contributed by atoms with Gasteiger partial charge in [0.1, 0.15) is 5.84 Å². The second-order valence-corrected chi connectivity index (χ2v) is 7.40. The van der Waals surface area contributed by atoms with Crippen molar-refractivity contribution in [1.29, 1.82) is 0 Å². The van der Waals surface area contributed by atoms with E-state index in [0.717, 1.165) is 25.7 Å². The van der Waals surface area contributed by atoms with Crippen LogP contribution in [-0.4, -0.2) is 25.7 Å². The zero-order valence-electron chi connectivity index (χ0n) is 11.1. The molecule has 1 aliphatic carbocycles. The van der Waals surface area contributed by atoms with Gasteiger partial charge in [0.2, 0.25) is 0 Å². The smallest absolute Gasteiger partial charge is 0.263 e. The highest BCUT2D eigenvalue weighted by atomic mass is 35.5. The summed E-state index contributed by atoms with van der Waals surface area (Å²) in [6.45, 7) is 0. The average molecular weight is 313 g/mol. The van der Waals surface area contributed by atoms with Crippen molar-refractivity contribution in [3.05, 3.63) is 29.8 Å². The van der Waals surface area contributed by atoms with Crippen molar-refractivity contribution in [3.8, 4) is 0 Å². The van der Waals surface area contributed by atoms with E-state index in [-0.39, 0.29) is 5.54 Å². The van der Waals surface area contributed by atoms with Crippen LogP contribution >= 0.6 is 11.6 Å². The Kier molecular flexibility index (Phi) is 3.50. The minimum Gasteiger partial charge on any atom is -0.263 e. The molecule has 6 heteroatoms. The average Bonchev–Trinajstić information content (AvgIpc) is 2.72. The van der Waals surface area contributed by atoms with Gasteiger partial charge in [-0.25, -0.2) is 8.42 Å². The van der Waals surface area contributed by atoms with E-state index < -0.39 is 10.0 Å². The van der Waals surface area contributed by atoms with Gasteiger partial charge in [0.15, 0.2) is 0 Å². The van der Waals surface area contributed by atoms with E-state index in [4.69, 9.17) is 16.6 Å². The topological polar surface area (TPSA) is 58.5 Å². The van der Waals surface area contributed by atoms with Gasteiger partial charge in [-0.1, -0.05) is 31.4 Å². The van der Waals surface area contributed by atoms with Gasteiger partial charge in [0.05, 0.1) is 10.4 Å². The van der Waals surface area contributed by atoms with Crippen molar-refractivity contribution in [2.24, 2.45) is 4.99 Å². The summed E-state index contributed by atoms with van der Waals surface area (Å²) < 4.78 is 26.7. The number of halogens is 1. The van der Waals surface area contributed by atoms with Gasteiger partial charge in [-0.05, 0) is 25.0 Å². The van der Waals surface area contributed by atoms with Gasteiger partial charge in [-0.15, -0.1) is 11.6 Å². The van der Waals surface area contributed by atoms with Crippen LogP contribution in [0.4, 0.5) is 0 Å². The molecule has 0 atom stereocenters. The normalized spacial score (nSPS) is 25.1. The van der Waals surface area contributed by atoms with Crippen molar-refractivity contribution in [1.82, 2.24) is 4.72 Å². The summed E-state index contributed by atoms with van der Waals surface area (Å²) in [5.41, 5.74) is 0.331. The maximum absolute atomic E-state index is 12.1. The Bertz CT molecular complexity index is 649. The van der Waals surface area contributed by atoms with Crippen LogP contribution in [0.2, 0.25) is 0 Å². The molecular formula is C14H17ClN2O2S. The van der Waals surface area contributed by atoms with Crippen molar-refractivity contribution in [3.63, 3.8) is 0 Å². The Morgan fingerprint density at radius 3 is 2.60 bits per heavy atom. The first kappa shape index (κ1) is 13.9. The number of nitrogens with zero attached hydrogens (tertiary/aromatic N) is 1. The maximum Gasteiger partial charge on any atom is 0.263 e. The van der Waals surface area contributed by atoms with Crippen LogP contribution in [0.5, 0.6) is 0 Å². The molecule has 1 heterocycles. The summed E-state index contributed by atoms with van der Waals surface area (Å²) in [5.74, 6) is 0.878. The SMILES string of the molecule is O=S1(=O)NC(=NC2(CCl)CCCCC2)c2ccccc21. The number of sulfonamides is 1. The summed E-state index contributed by atoms with van der Waals surface area (Å²) >= 11 is 6.13. The van der Waals surface area contributed by atoms with Crippen LogP contribution in [0.1, 0.15) is 37.7 Å². The Hall–Kier alpha value is -1.07. The fraction of sp³-hybridized carbons (Fsp3) is 0.500. The number of amidine groups is 1. The number of rotatable bonds is 2. The summed E-state index contributed by atoms with van der Waals surface area (Å²) in [6, 6.07) is 6.94. The van der Waals surface area contributed by atoms with Gasteiger partial charge in [-0.2, -0.15) is 0 Å². The maximum atomic E-state index is 12.1. The molecule has 0 amide bonds. The van der Waals surface area contributed by atoms with Gasteiger partial charge in [0.25, 0.3) is 10.0 Å². The molecular weight excluding hydrogens is 296 g/mol. The highest BCUT2D eigenvalue weighted by Gasteiger charge is 2.36. The van der Waals surface area contributed by atoms with E-state index in [2.05, 4.69) is 4.72 Å². The summed E-state index contributed by atoms with van der Waals surface area (Å²) in [7, 11) is -3.46. The van der Waals surface area contributed by atoms with E-state index in [0.29, 0.717) is 22.2 Å². The van der Waals surface area contributed by atoms with Crippen molar-refractivity contribution in [2.45, 2.75) is 42.5 Å². The van der Waals surface area contributed by atoms with E-state index in [9.17, 15) is 8.42 Å². The van der Waals surface area contributed by atoms with Crippen LogP contribution in [-0.2, 0) is 10.0 Å². The molecule has 2 aliphatic rings. The molecule has 0 saturated heterocycles. The number of alkyl halides is 1. The Morgan fingerprint density at radius 1 is 1.20 bits per heavy atom. The third kappa shape index (κ3) is 2.33. The van der Waals surface area contributed by atoms with E-state index in [1.165, 1.54) is 6.42 Å². The fourth-order valence-electron chi connectivity index (χ4n) is 2.94. The summed E-state index contributed by atoms with van der Waals surface area (Å²) in [6.07, 6.45) is 5.23. The van der Waals surface area contributed by atoms with Gasteiger partial charge < -0.3 is 0 Å². The van der Waals surface area contributed by atoms with E-state index in [1.807, 2.05) is 6.07 Å². The third-order valence-electron chi connectivity index (χ3n) is 4.04. The molecule has 0 aromatic heterocycles. The van der Waals surface area contributed by atoms with Crippen molar-refractivity contribution >= 4 is 27.5 Å². The minimum atomic E-state index is -3.46. The Labute approximate surface area is 124 Å². The van der Waals surface area contributed by atoms with Crippen LogP contribution in [0.25, 0.3) is 0 Å². The Balaban J connectivity index is 2.05. The molecule has 1 fully saturated rings. The number of benzene rings is 1. The molecule has 1 aliphatic heterocycles. The molecule has 1 saturated carbocycles. The van der Waals surface area contributed by atoms with Gasteiger partial charge >= 0.3 is 0 Å². The largest absolute Gasteiger partial charge is 0.263 e. The van der Waals surface area contributed by atoms with Crippen LogP contribution in [0.3, 0.4) is 0 Å².